The monoisotopic (exact) mass is 267 g/mol. The summed E-state index contributed by atoms with van der Waals surface area (Å²) in [5, 5.41) is 21.1. The molecule has 3 N–H and O–H groups in total. The number of hydrogen-bond donors (Lipinski definition) is 3. The Balaban J connectivity index is 2.61. The number of hydrogen-bond acceptors (Lipinski definition) is 4. The zero-order valence-electron chi connectivity index (χ0n) is 11.5. The van der Waals surface area contributed by atoms with Gasteiger partial charge in [0, 0.05) is 0 Å². The summed E-state index contributed by atoms with van der Waals surface area (Å²) in [6.45, 7) is 5.23. The summed E-state index contributed by atoms with van der Waals surface area (Å²) in [6, 6.07) is 8.47. The second-order valence-corrected chi connectivity index (χ2v) is 5.36. The fourth-order valence-electron chi connectivity index (χ4n) is 1.56. The van der Waals surface area contributed by atoms with Gasteiger partial charge in [-0.2, -0.15) is 0 Å². The van der Waals surface area contributed by atoms with Crippen molar-refractivity contribution in [3.05, 3.63) is 35.9 Å². The van der Waals surface area contributed by atoms with Crippen LogP contribution in [0, 0.1) is 0 Å². The number of amides is 1. The van der Waals surface area contributed by atoms with Crippen LogP contribution in [-0.2, 0) is 11.2 Å². The minimum atomic E-state index is -1.65. The van der Waals surface area contributed by atoms with E-state index in [9.17, 15) is 15.0 Å². The Morgan fingerprint density at radius 2 is 1.84 bits per heavy atom. The molecular formula is C14H21NO4. The molecule has 0 aliphatic rings. The lowest BCUT2D eigenvalue weighted by atomic mass is 10.1. The molecule has 0 fully saturated rings. The molecule has 0 aliphatic heterocycles. The van der Waals surface area contributed by atoms with Crippen molar-refractivity contribution in [1.82, 2.24) is 5.32 Å². The van der Waals surface area contributed by atoms with E-state index in [1.165, 1.54) is 0 Å². The van der Waals surface area contributed by atoms with Gasteiger partial charge in [0.2, 0.25) is 0 Å². The second kappa shape index (κ2) is 6.54. The summed E-state index contributed by atoms with van der Waals surface area (Å²) < 4.78 is 5.08. The van der Waals surface area contributed by atoms with Gasteiger partial charge < -0.3 is 20.3 Å². The van der Waals surface area contributed by atoms with Crippen molar-refractivity contribution >= 4 is 6.09 Å². The van der Waals surface area contributed by atoms with Crippen LogP contribution in [0.15, 0.2) is 30.3 Å². The molecule has 5 heteroatoms. The zero-order chi connectivity index (χ0) is 14.5. The van der Waals surface area contributed by atoms with Gasteiger partial charge >= 0.3 is 6.09 Å². The molecule has 1 rings (SSSR count). The van der Waals surface area contributed by atoms with Crippen LogP contribution in [0.25, 0.3) is 0 Å². The first-order valence-corrected chi connectivity index (χ1v) is 6.17. The van der Waals surface area contributed by atoms with E-state index in [1.807, 2.05) is 30.3 Å². The summed E-state index contributed by atoms with van der Waals surface area (Å²) in [7, 11) is 0. The van der Waals surface area contributed by atoms with Gasteiger partial charge in [-0.3, -0.25) is 0 Å². The summed E-state index contributed by atoms with van der Waals surface area (Å²) in [5.74, 6) is 0. The average molecular weight is 267 g/mol. The lowest BCUT2D eigenvalue weighted by Gasteiger charge is -2.24. The maximum absolute atomic E-state index is 11.6. The molecule has 0 bridgehead atoms. The van der Waals surface area contributed by atoms with Crippen LogP contribution in [0.2, 0.25) is 0 Å². The molecule has 0 heterocycles. The van der Waals surface area contributed by atoms with Crippen molar-refractivity contribution in [1.29, 1.82) is 0 Å². The minimum Gasteiger partial charge on any atom is -0.444 e. The number of carbonyl (C=O) groups is 1. The van der Waals surface area contributed by atoms with E-state index in [0.29, 0.717) is 6.42 Å². The highest BCUT2D eigenvalue weighted by Crippen LogP contribution is 2.09. The molecule has 1 amide bonds. The Labute approximate surface area is 113 Å². The molecule has 5 nitrogen and oxygen atoms in total. The summed E-state index contributed by atoms with van der Waals surface area (Å²) in [6.07, 6.45) is -1.99. The van der Waals surface area contributed by atoms with Crippen LogP contribution in [0.5, 0.6) is 0 Å². The zero-order valence-corrected chi connectivity index (χ0v) is 11.5. The molecule has 19 heavy (non-hydrogen) atoms. The largest absolute Gasteiger partial charge is 0.444 e. The molecular weight excluding hydrogens is 246 g/mol. The number of aliphatic hydroxyl groups is 2. The molecule has 0 spiro atoms. The molecule has 0 unspecified atom stereocenters. The molecule has 1 aromatic rings. The highest BCUT2D eigenvalue weighted by Gasteiger charge is 2.23. The Hall–Kier alpha value is -1.59. The summed E-state index contributed by atoms with van der Waals surface area (Å²) >= 11 is 0. The fraction of sp³-hybridized carbons (Fsp3) is 0.500. The molecule has 1 atom stereocenters. The second-order valence-electron chi connectivity index (χ2n) is 5.36. The molecule has 0 saturated carbocycles. The number of benzene rings is 1. The normalized spacial score (nSPS) is 13.2. The molecule has 0 radical (unpaired) electrons. The van der Waals surface area contributed by atoms with E-state index in [1.54, 1.807) is 20.8 Å². The SMILES string of the molecule is CC(C)(C)OC(=O)N[C@@H](Cc1ccccc1)C(O)O. The van der Waals surface area contributed by atoms with Crippen molar-refractivity contribution in [3.8, 4) is 0 Å². The number of alkyl carbamates (subject to hydrolysis) is 1. The van der Waals surface area contributed by atoms with Crippen molar-refractivity contribution in [2.24, 2.45) is 0 Å². The Kier molecular flexibility index (Phi) is 5.32. The first-order chi connectivity index (χ1) is 8.78. The van der Waals surface area contributed by atoms with Crippen LogP contribution in [0.4, 0.5) is 4.79 Å². The number of carbonyl (C=O) groups excluding carboxylic acids is 1. The van der Waals surface area contributed by atoms with E-state index in [0.717, 1.165) is 5.56 Å². The summed E-state index contributed by atoms with van der Waals surface area (Å²) in [4.78, 5) is 11.6. The third-order valence-corrected chi connectivity index (χ3v) is 2.36. The van der Waals surface area contributed by atoms with Gasteiger partial charge in [0.25, 0.3) is 0 Å². The van der Waals surface area contributed by atoms with Crippen LogP contribution in [0.1, 0.15) is 26.3 Å². The number of nitrogens with one attached hydrogen (secondary N) is 1. The van der Waals surface area contributed by atoms with E-state index in [4.69, 9.17) is 4.74 Å². The van der Waals surface area contributed by atoms with Crippen molar-refractivity contribution in [2.45, 2.75) is 45.1 Å². The fourth-order valence-corrected chi connectivity index (χ4v) is 1.56. The molecule has 106 valence electrons. The highest BCUT2D eigenvalue weighted by atomic mass is 16.6. The van der Waals surface area contributed by atoms with Gasteiger partial charge in [-0.25, -0.2) is 4.79 Å². The third kappa shape index (κ3) is 6.22. The lowest BCUT2D eigenvalue weighted by Crippen LogP contribution is -2.46. The van der Waals surface area contributed by atoms with E-state index < -0.39 is 24.0 Å². The van der Waals surface area contributed by atoms with Gasteiger partial charge in [-0.05, 0) is 32.8 Å². The smallest absolute Gasteiger partial charge is 0.408 e. The molecule has 1 aromatic carbocycles. The molecule has 0 aliphatic carbocycles. The molecule has 0 saturated heterocycles. The third-order valence-electron chi connectivity index (χ3n) is 2.36. The van der Waals surface area contributed by atoms with Crippen LogP contribution < -0.4 is 5.32 Å². The van der Waals surface area contributed by atoms with Crippen LogP contribution >= 0.6 is 0 Å². The van der Waals surface area contributed by atoms with Crippen LogP contribution in [0.3, 0.4) is 0 Å². The molecule has 0 aromatic heterocycles. The Bertz CT molecular complexity index is 398. The van der Waals surface area contributed by atoms with Gasteiger partial charge in [-0.15, -0.1) is 0 Å². The number of ether oxygens (including phenoxy) is 1. The predicted molar refractivity (Wildman–Crippen MR) is 71.5 cm³/mol. The first kappa shape index (κ1) is 15.5. The predicted octanol–water partition coefficient (Wildman–Crippen LogP) is 1.43. The van der Waals surface area contributed by atoms with E-state index in [-0.39, 0.29) is 0 Å². The van der Waals surface area contributed by atoms with Gasteiger partial charge in [0.1, 0.15) is 5.60 Å². The Morgan fingerprint density at radius 3 is 2.32 bits per heavy atom. The maximum Gasteiger partial charge on any atom is 0.408 e. The minimum absolute atomic E-state index is 0.317. The van der Waals surface area contributed by atoms with Crippen molar-refractivity contribution in [3.63, 3.8) is 0 Å². The first-order valence-electron chi connectivity index (χ1n) is 6.17. The quantitative estimate of drug-likeness (QED) is 0.721. The highest BCUT2D eigenvalue weighted by molar-refractivity contribution is 5.68. The maximum atomic E-state index is 11.6. The van der Waals surface area contributed by atoms with Gasteiger partial charge in [0.05, 0.1) is 6.04 Å². The van der Waals surface area contributed by atoms with E-state index in [2.05, 4.69) is 5.32 Å². The number of rotatable bonds is 4. The standard InChI is InChI=1S/C14H21NO4/c1-14(2,3)19-13(18)15-11(12(16)17)9-10-7-5-4-6-8-10/h4-8,11-12,16-17H,9H2,1-3H3,(H,15,18)/t11-/m0/s1. The van der Waals surface area contributed by atoms with Crippen molar-refractivity contribution < 1.29 is 19.7 Å². The Morgan fingerprint density at radius 1 is 1.26 bits per heavy atom. The summed E-state index contributed by atoms with van der Waals surface area (Å²) in [5.41, 5.74) is 0.276. The van der Waals surface area contributed by atoms with E-state index >= 15 is 0 Å². The van der Waals surface area contributed by atoms with Gasteiger partial charge in [-0.1, -0.05) is 30.3 Å². The van der Waals surface area contributed by atoms with Crippen LogP contribution in [-0.4, -0.2) is 34.2 Å². The van der Waals surface area contributed by atoms with Gasteiger partial charge in [0.15, 0.2) is 6.29 Å². The average Bonchev–Trinajstić information content (AvgIpc) is 2.26. The van der Waals surface area contributed by atoms with Crippen molar-refractivity contribution in [2.75, 3.05) is 0 Å². The lowest BCUT2D eigenvalue weighted by molar-refractivity contribution is -0.0679. The number of aliphatic hydroxyl groups excluding tert-OH is 1. The topological polar surface area (TPSA) is 78.8 Å².